The van der Waals surface area contributed by atoms with Crippen LogP contribution in [0.3, 0.4) is 0 Å². The number of methoxy groups -OCH3 is 2. The number of rotatable bonds is 8. The van der Waals surface area contributed by atoms with Gasteiger partial charge in [0.15, 0.2) is 5.13 Å². The predicted octanol–water partition coefficient (Wildman–Crippen LogP) is 4.44. The number of Topliss-reactive ketones (excluding diaryl/α,β-unsaturated/α-hetero) is 1. The number of ketones is 1. The molecule has 9 nitrogen and oxygen atoms in total. The molecule has 0 bridgehead atoms. The molecule has 0 saturated carbocycles. The molecular weight excluding hydrogens is 496 g/mol. The maximum absolute atomic E-state index is 13.4. The fraction of sp³-hybridized carbons (Fsp3) is 0.185. The van der Waals surface area contributed by atoms with Gasteiger partial charge in [-0.25, -0.2) is 9.78 Å². The minimum atomic E-state index is -1.07. The van der Waals surface area contributed by atoms with Gasteiger partial charge in [-0.1, -0.05) is 42.2 Å². The van der Waals surface area contributed by atoms with Crippen molar-refractivity contribution >= 4 is 39.9 Å². The molecule has 3 aromatic rings. The molecule has 1 aromatic heterocycles. The van der Waals surface area contributed by atoms with Gasteiger partial charge in [0.1, 0.15) is 34.8 Å². The van der Waals surface area contributed by atoms with Gasteiger partial charge in [-0.15, -0.1) is 0 Å². The third-order valence-electron chi connectivity index (χ3n) is 5.74. The first-order valence-electron chi connectivity index (χ1n) is 11.2. The van der Waals surface area contributed by atoms with E-state index in [0.717, 1.165) is 11.3 Å². The van der Waals surface area contributed by atoms with E-state index in [2.05, 4.69) is 11.6 Å². The zero-order valence-electron chi connectivity index (χ0n) is 20.4. The Hall–Kier alpha value is -4.44. The first-order valence-corrected chi connectivity index (χ1v) is 12.0. The lowest BCUT2D eigenvalue weighted by molar-refractivity contribution is -0.132. The molecule has 1 aliphatic rings. The molecule has 1 unspecified atom stereocenters. The molecule has 0 spiro atoms. The first kappa shape index (κ1) is 25.6. The highest BCUT2D eigenvalue weighted by Gasteiger charge is 2.49. The maximum atomic E-state index is 13.4. The van der Waals surface area contributed by atoms with Crippen molar-refractivity contribution in [1.82, 2.24) is 4.98 Å². The number of aryl methyl sites for hydroxylation is 1. The van der Waals surface area contributed by atoms with Crippen molar-refractivity contribution in [1.29, 1.82) is 0 Å². The zero-order valence-corrected chi connectivity index (χ0v) is 21.2. The van der Waals surface area contributed by atoms with Gasteiger partial charge in [-0.05, 0) is 37.3 Å². The maximum Gasteiger partial charge on any atom is 0.350 e. The molecule has 2 heterocycles. The minimum absolute atomic E-state index is 0.114. The summed E-state index contributed by atoms with van der Waals surface area (Å²) in [7, 11) is 2.71. The summed E-state index contributed by atoms with van der Waals surface area (Å²) in [6.07, 6.45) is 1.61. The fourth-order valence-electron chi connectivity index (χ4n) is 4.00. The van der Waals surface area contributed by atoms with Crippen LogP contribution in [-0.2, 0) is 14.3 Å². The summed E-state index contributed by atoms with van der Waals surface area (Å²) >= 11 is 0.924. The van der Waals surface area contributed by atoms with E-state index < -0.39 is 23.7 Å². The van der Waals surface area contributed by atoms with E-state index in [1.807, 2.05) is 0 Å². The van der Waals surface area contributed by atoms with E-state index in [1.54, 1.807) is 61.5 Å². The molecular formula is C27H24N2O7S. The summed E-state index contributed by atoms with van der Waals surface area (Å²) in [5, 5.41) is 11.4. The van der Waals surface area contributed by atoms with Crippen molar-refractivity contribution in [2.24, 2.45) is 0 Å². The number of benzene rings is 2. The van der Waals surface area contributed by atoms with Gasteiger partial charge in [0.2, 0.25) is 0 Å². The molecule has 1 aliphatic heterocycles. The Labute approximate surface area is 217 Å². The number of ether oxygens (including phenoxy) is 3. The molecule has 1 fully saturated rings. The summed E-state index contributed by atoms with van der Waals surface area (Å²) in [6, 6.07) is 12.3. The second-order valence-electron chi connectivity index (χ2n) is 7.94. The quantitative estimate of drug-likeness (QED) is 0.152. The molecule has 10 heteroatoms. The monoisotopic (exact) mass is 520 g/mol. The van der Waals surface area contributed by atoms with Gasteiger partial charge in [-0.3, -0.25) is 14.5 Å². The molecule has 4 rings (SSSR count). The third-order valence-corrected chi connectivity index (χ3v) is 6.87. The highest BCUT2D eigenvalue weighted by molar-refractivity contribution is 7.17. The van der Waals surface area contributed by atoms with E-state index in [0.29, 0.717) is 34.9 Å². The Balaban J connectivity index is 1.90. The van der Waals surface area contributed by atoms with Crippen LogP contribution in [0.15, 0.2) is 66.8 Å². The number of esters is 1. The molecule has 190 valence electrons. The smallest absolute Gasteiger partial charge is 0.350 e. The average Bonchev–Trinajstić information content (AvgIpc) is 3.43. The Kier molecular flexibility index (Phi) is 7.40. The standard InChI is InChI=1S/C27H24N2O7S/c1-5-14-36-17-12-10-16(11-13-17)22(30)20-21(18-8-6-7-9-19(18)34-3)29(25(32)23(20)31)27-28-15(2)24(37-27)26(33)35-4/h5-13,21,30H,1,14H2,2-4H3/b22-20+. The molecule has 1 atom stereocenters. The summed E-state index contributed by atoms with van der Waals surface area (Å²) < 4.78 is 15.8. The van der Waals surface area contributed by atoms with Gasteiger partial charge < -0.3 is 19.3 Å². The van der Waals surface area contributed by atoms with Crippen molar-refractivity contribution in [3.05, 3.63) is 88.5 Å². The number of hydrogen-bond acceptors (Lipinski definition) is 9. The summed E-state index contributed by atoms with van der Waals surface area (Å²) in [5.74, 6) is -1.81. The first-order chi connectivity index (χ1) is 17.8. The zero-order chi connectivity index (χ0) is 26.7. The van der Waals surface area contributed by atoms with Crippen LogP contribution in [0.5, 0.6) is 11.5 Å². The number of nitrogens with zero attached hydrogens (tertiary/aromatic N) is 2. The Morgan fingerprint density at radius 2 is 1.86 bits per heavy atom. The topological polar surface area (TPSA) is 115 Å². The number of carbonyl (C=O) groups is 3. The molecule has 1 saturated heterocycles. The van der Waals surface area contributed by atoms with Crippen LogP contribution in [0, 0.1) is 6.92 Å². The van der Waals surface area contributed by atoms with E-state index in [9.17, 15) is 19.5 Å². The van der Waals surface area contributed by atoms with Crippen LogP contribution in [0.1, 0.15) is 32.5 Å². The lowest BCUT2D eigenvalue weighted by Crippen LogP contribution is -2.29. The van der Waals surface area contributed by atoms with Gasteiger partial charge in [0, 0.05) is 11.1 Å². The number of carbonyl (C=O) groups excluding carboxylic acids is 3. The number of hydrogen-bond donors (Lipinski definition) is 1. The van der Waals surface area contributed by atoms with Crippen molar-refractivity contribution in [3.8, 4) is 11.5 Å². The van der Waals surface area contributed by atoms with Crippen LogP contribution < -0.4 is 14.4 Å². The second-order valence-corrected chi connectivity index (χ2v) is 8.92. The SMILES string of the molecule is C=CCOc1ccc(/C(O)=C2\C(=O)C(=O)N(c3nc(C)c(C(=O)OC)s3)C2c2ccccc2OC)cc1. The average molecular weight is 521 g/mol. The number of amides is 1. The van der Waals surface area contributed by atoms with Gasteiger partial charge in [-0.2, -0.15) is 0 Å². The number of anilines is 1. The number of aromatic nitrogens is 1. The van der Waals surface area contributed by atoms with E-state index in [1.165, 1.54) is 19.1 Å². The molecule has 0 radical (unpaired) electrons. The molecule has 2 aromatic carbocycles. The van der Waals surface area contributed by atoms with Crippen LogP contribution >= 0.6 is 11.3 Å². The van der Waals surface area contributed by atoms with Crippen LogP contribution in [0.4, 0.5) is 5.13 Å². The van der Waals surface area contributed by atoms with Crippen molar-refractivity contribution < 1.29 is 33.7 Å². The van der Waals surface area contributed by atoms with E-state index in [-0.39, 0.29) is 21.3 Å². The van der Waals surface area contributed by atoms with E-state index >= 15 is 0 Å². The van der Waals surface area contributed by atoms with Gasteiger partial charge in [0.05, 0.1) is 25.5 Å². The second kappa shape index (κ2) is 10.7. The van der Waals surface area contributed by atoms with Gasteiger partial charge in [0.25, 0.3) is 5.78 Å². The lowest BCUT2D eigenvalue weighted by atomic mass is 9.94. The number of aliphatic hydroxyl groups is 1. The summed E-state index contributed by atoms with van der Waals surface area (Å²) in [5.41, 5.74) is 0.989. The lowest BCUT2D eigenvalue weighted by Gasteiger charge is -2.24. The van der Waals surface area contributed by atoms with Crippen molar-refractivity contribution in [3.63, 3.8) is 0 Å². The Morgan fingerprint density at radius 3 is 2.51 bits per heavy atom. The summed E-state index contributed by atoms with van der Waals surface area (Å²) in [6.45, 7) is 5.53. The van der Waals surface area contributed by atoms with Crippen LogP contribution in [0.25, 0.3) is 5.76 Å². The van der Waals surface area contributed by atoms with Crippen LogP contribution in [0.2, 0.25) is 0 Å². The van der Waals surface area contributed by atoms with Crippen molar-refractivity contribution in [2.45, 2.75) is 13.0 Å². The van der Waals surface area contributed by atoms with Gasteiger partial charge >= 0.3 is 11.9 Å². The largest absolute Gasteiger partial charge is 0.507 e. The third kappa shape index (κ3) is 4.70. The number of para-hydroxylation sites is 1. The highest BCUT2D eigenvalue weighted by atomic mass is 32.1. The Bertz CT molecular complexity index is 1410. The number of aliphatic hydroxyl groups excluding tert-OH is 1. The summed E-state index contributed by atoms with van der Waals surface area (Å²) in [4.78, 5) is 44.7. The fourth-order valence-corrected chi connectivity index (χ4v) is 5.02. The molecule has 37 heavy (non-hydrogen) atoms. The molecule has 1 amide bonds. The molecule has 1 N–H and O–H groups in total. The van der Waals surface area contributed by atoms with E-state index in [4.69, 9.17) is 14.2 Å². The highest BCUT2D eigenvalue weighted by Crippen LogP contribution is 2.46. The number of thiazole rings is 1. The normalized spacial score (nSPS) is 16.5. The Morgan fingerprint density at radius 1 is 1.16 bits per heavy atom. The minimum Gasteiger partial charge on any atom is -0.507 e. The van der Waals surface area contributed by atoms with Crippen molar-refractivity contribution in [2.75, 3.05) is 25.7 Å². The van der Waals surface area contributed by atoms with Crippen LogP contribution in [-0.4, -0.2) is 48.6 Å². The molecule has 0 aliphatic carbocycles. The predicted molar refractivity (Wildman–Crippen MR) is 138 cm³/mol.